The van der Waals surface area contributed by atoms with Crippen LogP contribution in [0.3, 0.4) is 0 Å². The molecular weight excluding hydrogens is 422 g/mol. The van der Waals surface area contributed by atoms with Crippen LogP contribution in [0, 0.1) is 6.92 Å². The third-order valence-corrected chi connectivity index (χ3v) is 4.09. The number of ether oxygens (including phenoxy) is 1. The minimum atomic E-state index is 0.456. The molecule has 1 N–H and O–H groups in total. The first-order valence-electron chi connectivity index (χ1n) is 6.90. The van der Waals surface area contributed by atoms with E-state index in [1.54, 1.807) is 6.20 Å². The maximum absolute atomic E-state index is 5.81. The van der Waals surface area contributed by atoms with Crippen molar-refractivity contribution < 1.29 is 4.74 Å². The first-order valence-corrected chi connectivity index (χ1v) is 8.48. The van der Waals surface area contributed by atoms with Gasteiger partial charge in [-0.05, 0) is 64.8 Å². The van der Waals surface area contributed by atoms with Crippen LogP contribution in [0.1, 0.15) is 5.56 Å². The number of anilines is 2. The Hall–Kier alpha value is -1.92. The van der Waals surface area contributed by atoms with Gasteiger partial charge in [0.05, 0.1) is 10.7 Å². The Kier molecular flexibility index (Phi) is 4.93. The molecule has 0 spiro atoms. The summed E-state index contributed by atoms with van der Waals surface area (Å²) < 4.78 is 7.49. The average Bonchev–Trinajstić information content (AvgIpc) is 2.53. The number of halogens is 2. The van der Waals surface area contributed by atoms with Gasteiger partial charge in [0.25, 0.3) is 0 Å². The van der Waals surface area contributed by atoms with Gasteiger partial charge in [0.15, 0.2) is 0 Å². The first-order chi connectivity index (χ1) is 11.1. The van der Waals surface area contributed by atoms with Gasteiger partial charge in [-0.15, -0.1) is 0 Å². The minimum Gasteiger partial charge on any atom is -0.438 e. The highest BCUT2D eigenvalue weighted by Gasteiger charge is 2.08. The molecule has 0 radical (unpaired) electrons. The molecule has 0 atom stereocenters. The smallest absolute Gasteiger partial charge is 0.238 e. The third kappa shape index (κ3) is 4.30. The Labute approximate surface area is 151 Å². The summed E-state index contributed by atoms with van der Waals surface area (Å²) in [6, 6.07) is 15.6. The maximum atomic E-state index is 5.81. The van der Waals surface area contributed by atoms with Crippen LogP contribution >= 0.6 is 31.9 Å². The summed E-state index contributed by atoms with van der Waals surface area (Å²) in [5, 5.41) is 3.18. The van der Waals surface area contributed by atoms with Crippen LogP contribution in [0.5, 0.6) is 11.6 Å². The largest absolute Gasteiger partial charge is 0.438 e. The molecule has 3 aromatic rings. The highest BCUT2D eigenvalue weighted by Crippen LogP contribution is 2.29. The Balaban J connectivity index is 1.82. The second kappa shape index (κ2) is 7.10. The zero-order chi connectivity index (χ0) is 16.2. The molecule has 0 saturated heterocycles. The van der Waals surface area contributed by atoms with Crippen molar-refractivity contribution in [1.29, 1.82) is 0 Å². The molecule has 1 heterocycles. The quantitative estimate of drug-likeness (QED) is 0.559. The van der Waals surface area contributed by atoms with Crippen molar-refractivity contribution in [3.8, 4) is 11.6 Å². The summed E-state index contributed by atoms with van der Waals surface area (Å²) in [5.74, 6) is 1.64. The van der Waals surface area contributed by atoms with Gasteiger partial charge >= 0.3 is 0 Å². The highest BCUT2D eigenvalue weighted by atomic mass is 79.9. The molecule has 0 aliphatic heterocycles. The van der Waals surface area contributed by atoms with E-state index in [-0.39, 0.29) is 0 Å². The summed E-state index contributed by atoms with van der Waals surface area (Å²) in [4.78, 5) is 8.67. The van der Waals surface area contributed by atoms with Crippen LogP contribution in [-0.2, 0) is 0 Å². The summed E-state index contributed by atoms with van der Waals surface area (Å²) in [5.41, 5.74) is 2.10. The van der Waals surface area contributed by atoms with Crippen molar-refractivity contribution in [2.24, 2.45) is 0 Å². The fourth-order valence-corrected chi connectivity index (χ4v) is 2.49. The van der Waals surface area contributed by atoms with E-state index in [0.29, 0.717) is 22.1 Å². The van der Waals surface area contributed by atoms with E-state index in [2.05, 4.69) is 47.1 Å². The van der Waals surface area contributed by atoms with E-state index in [0.717, 1.165) is 10.2 Å². The van der Waals surface area contributed by atoms with Crippen molar-refractivity contribution in [3.05, 3.63) is 69.2 Å². The second-order valence-corrected chi connectivity index (χ2v) is 6.67. The molecule has 4 nitrogen and oxygen atoms in total. The number of benzene rings is 2. The summed E-state index contributed by atoms with van der Waals surface area (Å²) >= 11 is 6.81. The lowest BCUT2D eigenvalue weighted by Crippen LogP contribution is -1.99. The fraction of sp³-hybridized carbons (Fsp3) is 0.0588. The lowest BCUT2D eigenvalue weighted by molar-refractivity contribution is 0.459. The summed E-state index contributed by atoms with van der Waals surface area (Å²) in [7, 11) is 0. The Morgan fingerprint density at radius 1 is 1.04 bits per heavy atom. The van der Waals surface area contributed by atoms with E-state index < -0.39 is 0 Å². The Bertz CT molecular complexity index is 822. The normalized spacial score (nSPS) is 10.4. The van der Waals surface area contributed by atoms with Crippen LogP contribution in [-0.4, -0.2) is 9.97 Å². The van der Waals surface area contributed by atoms with Crippen molar-refractivity contribution in [2.75, 3.05) is 5.32 Å². The van der Waals surface area contributed by atoms with Gasteiger partial charge in [0, 0.05) is 10.2 Å². The molecule has 3 rings (SSSR count). The lowest BCUT2D eigenvalue weighted by atomic mass is 10.2. The van der Waals surface area contributed by atoms with Crippen LogP contribution in [0.2, 0.25) is 0 Å². The number of nitrogens with zero attached hydrogens (tertiary/aromatic N) is 2. The van der Waals surface area contributed by atoms with E-state index in [4.69, 9.17) is 4.74 Å². The van der Waals surface area contributed by atoms with Crippen LogP contribution < -0.4 is 10.1 Å². The monoisotopic (exact) mass is 433 g/mol. The van der Waals surface area contributed by atoms with Gasteiger partial charge in [-0.25, -0.2) is 4.98 Å². The van der Waals surface area contributed by atoms with Crippen molar-refractivity contribution in [1.82, 2.24) is 9.97 Å². The molecule has 0 aliphatic rings. The first kappa shape index (κ1) is 16.0. The molecule has 1 aromatic heterocycles. The van der Waals surface area contributed by atoms with E-state index in [1.807, 2.05) is 55.5 Å². The number of aryl methyl sites for hydroxylation is 1. The average molecular weight is 435 g/mol. The Morgan fingerprint density at radius 2 is 1.83 bits per heavy atom. The Morgan fingerprint density at radius 3 is 2.57 bits per heavy atom. The van der Waals surface area contributed by atoms with E-state index in [1.165, 1.54) is 5.56 Å². The number of nitrogens with one attached hydrogen (secondary N) is 1. The van der Waals surface area contributed by atoms with Crippen LogP contribution in [0.15, 0.2) is 63.7 Å². The SMILES string of the molecule is Cc1cccc(Nc2ncc(Br)c(Oc3ccc(Br)cc3)n2)c1. The molecular formula is C17H13Br2N3O. The van der Waals surface area contributed by atoms with Gasteiger partial charge < -0.3 is 10.1 Å². The minimum absolute atomic E-state index is 0.456. The fourth-order valence-electron chi connectivity index (χ4n) is 1.95. The second-order valence-electron chi connectivity index (χ2n) is 4.90. The van der Waals surface area contributed by atoms with E-state index >= 15 is 0 Å². The summed E-state index contributed by atoms with van der Waals surface area (Å²) in [6.45, 7) is 2.04. The molecule has 2 aromatic carbocycles. The van der Waals surface area contributed by atoms with E-state index in [9.17, 15) is 0 Å². The highest BCUT2D eigenvalue weighted by molar-refractivity contribution is 9.10. The maximum Gasteiger partial charge on any atom is 0.238 e. The lowest BCUT2D eigenvalue weighted by Gasteiger charge is -2.10. The van der Waals surface area contributed by atoms with Gasteiger partial charge in [-0.1, -0.05) is 28.1 Å². The molecule has 6 heteroatoms. The molecule has 0 unspecified atom stereocenters. The number of hydrogen-bond acceptors (Lipinski definition) is 4. The zero-order valence-corrected chi connectivity index (χ0v) is 15.4. The number of aromatic nitrogens is 2. The van der Waals surface area contributed by atoms with Gasteiger partial charge in [0.2, 0.25) is 11.8 Å². The predicted octanol–water partition coefficient (Wildman–Crippen LogP) is 5.85. The summed E-state index contributed by atoms with van der Waals surface area (Å²) in [6.07, 6.45) is 1.67. The van der Waals surface area contributed by atoms with Gasteiger partial charge in [-0.3, -0.25) is 0 Å². The topological polar surface area (TPSA) is 47.0 Å². The molecule has 0 fully saturated rings. The van der Waals surface area contributed by atoms with Gasteiger partial charge in [0.1, 0.15) is 5.75 Å². The molecule has 23 heavy (non-hydrogen) atoms. The third-order valence-electron chi connectivity index (χ3n) is 3.01. The molecule has 116 valence electrons. The molecule has 0 amide bonds. The van der Waals surface area contributed by atoms with Crippen LogP contribution in [0.4, 0.5) is 11.6 Å². The molecule has 0 bridgehead atoms. The predicted molar refractivity (Wildman–Crippen MR) is 98.4 cm³/mol. The number of rotatable bonds is 4. The van der Waals surface area contributed by atoms with Crippen molar-refractivity contribution in [2.45, 2.75) is 6.92 Å². The standard InChI is InChI=1S/C17H13Br2N3O/c1-11-3-2-4-13(9-11)21-17-20-10-15(19)16(22-17)23-14-7-5-12(18)6-8-14/h2-10H,1H3,(H,20,21,22). The molecule has 0 saturated carbocycles. The zero-order valence-electron chi connectivity index (χ0n) is 12.3. The van der Waals surface area contributed by atoms with Gasteiger partial charge in [-0.2, -0.15) is 4.98 Å². The molecule has 0 aliphatic carbocycles. The van der Waals surface area contributed by atoms with Crippen LogP contribution in [0.25, 0.3) is 0 Å². The number of hydrogen-bond donors (Lipinski definition) is 1. The van der Waals surface area contributed by atoms with Crippen molar-refractivity contribution >= 4 is 43.5 Å². The van der Waals surface area contributed by atoms with Crippen molar-refractivity contribution in [3.63, 3.8) is 0 Å².